The van der Waals surface area contributed by atoms with Crippen molar-refractivity contribution in [3.8, 4) is 11.8 Å². The molecule has 0 radical (unpaired) electrons. The fraction of sp³-hybridized carbons (Fsp3) is 0.550. The minimum atomic E-state index is -1.00. The first-order valence-corrected chi connectivity index (χ1v) is 8.65. The fourth-order valence-electron chi connectivity index (χ4n) is 1.97. The van der Waals surface area contributed by atoms with Gasteiger partial charge in [0, 0.05) is 6.42 Å². The molecule has 0 spiro atoms. The Hall–Kier alpha value is -1.83. The summed E-state index contributed by atoms with van der Waals surface area (Å²) < 4.78 is 0. The molecule has 0 saturated heterocycles. The van der Waals surface area contributed by atoms with Gasteiger partial charge in [0.15, 0.2) is 0 Å². The number of unbranched alkanes of at least 4 members (excludes halogenated alkanes) is 4. The average molecular weight is 334 g/mol. The molecule has 4 heteroatoms. The smallest absolute Gasteiger partial charge is 0.303 e. The van der Waals surface area contributed by atoms with E-state index in [1.165, 1.54) is 31.8 Å². The second-order valence-electron chi connectivity index (χ2n) is 5.63. The van der Waals surface area contributed by atoms with Crippen LogP contribution in [0.15, 0.2) is 36.5 Å². The molecule has 0 aliphatic heterocycles. The maximum Gasteiger partial charge on any atom is 0.303 e. The Morgan fingerprint density at radius 2 is 1.79 bits per heavy atom. The molecule has 3 N–H and O–H groups in total. The standard InChI is InChI=1S/C20H30O4/c1-2-3-4-5-6-7-8-9-10-11-12-13-15-18(21)19(22)16-14-17-20(23)24/h7-8,11-13,15,18-19,21-22H,2-6,14,16-17H2,1H3,(H,23,24)/b8-7+,12-11+,15-13+/t18-,19+/m1/s1. The normalized spacial score (nSPS) is 14.1. The highest BCUT2D eigenvalue weighted by Gasteiger charge is 2.12. The Morgan fingerprint density at radius 3 is 2.50 bits per heavy atom. The van der Waals surface area contributed by atoms with E-state index in [0.717, 1.165) is 6.42 Å². The highest BCUT2D eigenvalue weighted by Crippen LogP contribution is 2.06. The molecule has 0 amide bonds. The minimum absolute atomic E-state index is 0.00485. The number of rotatable bonds is 12. The molecule has 0 saturated carbocycles. The molecule has 0 rings (SSSR count). The van der Waals surface area contributed by atoms with E-state index < -0.39 is 18.2 Å². The summed E-state index contributed by atoms with van der Waals surface area (Å²) in [5, 5.41) is 27.8. The van der Waals surface area contributed by atoms with Crippen LogP contribution in [0.2, 0.25) is 0 Å². The van der Waals surface area contributed by atoms with Crippen LogP contribution in [0, 0.1) is 11.8 Å². The van der Waals surface area contributed by atoms with Gasteiger partial charge in [-0.25, -0.2) is 0 Å². The summed E-state index contributed by atoms with van der Waals surface area (Å²) in [6.45, 7) is 2.20. The van der Waals surface area contributed by atoms with Gasteiger partial charge in [-0.3, -0.25) is 4.79 Å². The zero-order valence-electron chi connectivity index (χ0n) is 14.5. The Kier molecular flexibility index (Phi) is 14.8. The summed E-state index contributed by atoms with van der Waals surface area (Å²) >= 11 is 0. The summed E-state index contributed by atoms with van der Waals surface area (Å²) in [5.74, 6) is 4.87. The van der Waals surface area contributed by atoms with E-state index in [4.69, 9.17) is 5.11 Å². The molecular formula is C20H30O4. The van der Waals surface area contributed by atoms with Crippen LogP contribution in [-0.2, 0) is 4.79 Å². The number of carboxylic acid groups (broad SMARTS) is 1. The van der Waals surface area contributed by atoms with Crippen LogP contribution in [0.3, 0.4) is 0 Å². The van der Waals surface area contributed by atoms with Crippen LogP contribution in [-0.4, -0.2) is 33.5 Å². The summed E-state index contributed by atoms with van der Waals surface area (Å²) in [7, 11) is 0. The Bertz CT molecular complexity index is 466. The first-order chi connectivity index (χ1) is 11.6. The van der Waals surface area contributed by atoms with Crippen LogP contribution in [0.1, 0.15) is 58.3 Å². The number of hydrogen-bond donors (Lipinski definition) is 3. The third-order valence-corrected chi connectivity index (χ3v) is 3.39. The molecule has 0 unspecified atom stereocenters. The molecule has 0 aliphatic carbocycles. The average Bonchev–Trinajstić information content (AvgIpc) is 2.55. The number of allylic oxidation sites excluding steroid dienone is 5. The topological polar surface area (TPSA) is 77.8 Å². The van der Waals surface area contributed by atoms with Crippen molar-refractivity contribution in [2.45, 2.75) is 70.5 Å². The van der Waals surface area contributed by atoms with Crippen LogP contribution in [0.5, 0.6) is 0 Å². The van der Waals surface area contributed by atoms with Gasteiger partial charge < -0.3 is 15.3 Å². The molecule has 0 bridgehead atoms. The molecule has 2 atom stereocenters. The summed E-state index contributed by atoms with van der Waals surface area (Å²) in [4.78, 5) is 10.4. The van der Waals surface area contributed by atoms with Gasteiger partial charge in [0.2, 0.25) is 0 Å². The van der Waals surface area contributed by atoms with Crippen LogP contribution < -0.4 is 0 Å². The van der Waals surface area contributed by atoms with Crippen molar-refractivity contribution in [3.05, 3.63) is 36.5 Å². The van der Waals surface area contributed by atoms with Gasteiger partial charge in [-0.15, -0.1) is 0 Å². The second kappa shape index (κ2) is 16.0. The Labute approximate surface area is 145 Å². The predicted molar refractivity (Wildman–Crippen MR) is 97.5 cm³/mol. The monoisotopic (exact) mass is 334 g/mol. The number of aliphatic hydroxyl groups excluding tert-OH is 2. The molecule has 0 aromatic rings. The van der Waals surface area contributed by atoms with E-state index in [-0.39, 0.29) is 12.8 Å². The number of carbonyl (C=O) groups is 1. The number of carboxylic acids is 1. The third-order valence-electron chi connectivity index (χ3n) is 3.39. The van der Waals surface area contributed by atoms with Crippen LogP contribution in [0.25, 0.3) is 0 Å². The minimum Gasteiger partial charge on any atom is -0.481 e. The molecule has 24 heavy (non-hydrogen) atoms. The van der Waals surface area contributed by atoms with Crippen molar-refractivity contribution in [1.29, 1.82) is 0 Å². The van der Waals surface area contributed by atoms with Crippen molar-refractivity contribution < 1.29 is 20.1 Å². The molecule has 134 valence electrons. The number of aliphatic carboxylic acids is 1. The Morgan fingerprint density at radius 1 is 1.04 bits per heavy atom. The number of aliphatic hydroxyl groups is 2. The zero-order chi connectivity index (χ0) is 18.0. The van der Waals surface area contributed by atoms with Crippen molar-refractivity contribution >= 4 is 5.97 Å². The lowest BCUT2D eigenvalue weighted by molar-refractivity contribution is -0.137. The van der Waals surface area contributed by atoms with Gasteiger partial charge in [-0.05, 0) is 37.8 Å². The fourth-order valence-corrected chi connectivity index (χ4v) is 1.97. The van der Waals surface area contributed by atoms with Crippen LogP contribution >= 0.6 is 0 Å². The van der Waals surface area contributed by atoms with Gasteiger partial charge in [-0.2, -0.15) is 0 Å². The predicted octanol–water partition coefficient (Wildman–Crippen LogP) is 3.61. The third kappa shape index (κ3) is 15.1. The SMILES string of the molecule is CCCCCC/C=C/C#C/C=C/C=C/[C@@H](O)[C@@H](O)CCCC(=O)O. The van der Waals surface area contributed by atoms with Crippen molar-refractivity contribution in [3.63, 3.8) is 0 Å². The highest BCUT2D eigenvalue weighted by atomic mass is 16.4. The van der Waals surface area contributed by atoms with E-state index in [1.54, 1.807) is 18.2 Å². The first kappa shape index (κ1) is 22.2. The van der Waals surface area contributed by atoms with Gasteiger partial charge in [-0.1, -0.05) is 62.3 Å². The zero-order valence-corrected chi connectivity index (χ0v) is 14.5. The van der Waals surface area contributed by atoms with E-state index in [0.29, 0.717) is 6.42 Å². The van der Waals surface area contributed by atoms with E-state index in [2.05, 4.69) is 24.8 Å². The summed E-state index contributed by atoms with van der Waals surface area (Å²) in [5.41, 5.74) is 0. The van der Waals surface area contributed by atoms with E-state index in [9.17, 15) is 15.0 Å². The summed E-state index contributed by atoms with van der Waals surface area (Å²) in [6, 6.07) is 0. The first-order valence-electron chi connectivity index (χ1n) is 8.65. The van der Waals surface area contributed by atoms with Gasteiger partial charge in [0.05, 0.1) is 12.2 Å². The van der Waals surface area contributed by atoms with E-state index in [1.807, 2.05) is 6.08 Å². The lowest BCUT2D eigenvalue weighted by Gasteiger charge is -2.13. The largest absolute Gasteiger partial charge is 0.481 e. The number of hydrogen-bond acceptors (Lipinski definition) is 3. The van der Waals surface area contributed by atoms with Crippen molar-refractivity contribution in [2.75, 3.05) is 0 Å². The molecule has 0 fully saturated rings. The molecule has 4 nitrogen and oxygen atoms in total. The maximum atomic E-state index is 10.4. The van der Waals surface area contributed by atoms with Crippen LogP contribution in [0.4, 0.5) is 0 Å². The Balaban J connectivity index is 3.88. The molecule has 0 heterocycles. The molecule has 0 aliphatic rings. The molecule has 0 aromatic heterocycles. The quantitative estimate of drug-likeness (QED) is 0.289. The van der Waals surface area contributed by atoms with Gasteiger partial charge >= 0.3 is 5.97 Å². The maximum absolute atomic E-state index is 10.4. The highest BCUT2D eigenvalue weighted by molar-refractivity contribution is 5.66. The van der Waals surface area contributed by atoms with Crippen molar-refractivity contribution in [2.24, 2.45) is 0 Å². The summed E-state index contributed by atoms with van der Waals surface area (Å²) in [6.07, 6.45) is 15.1. The van der Waals surface area contributed by atoms with E-state index >= 15 is 0 Å². The molecule has 0 aromatic carbocycles. The van der Waals surface area contributed by atoms with Crippen molar-refractivity contribution in [1.82, 2.24) is 0 Å². The lowest BCUT2D eigenvalue weighted by Crippen LogP contribution is -2.23. The second-order valence-corrected chi connectivity index (χ2v) is 5.63. The molecular weight excluding hydrogens is 304 g/mol. The van der Waals surface area contributed by atoms with Gasteiger partial charge in [0.25, 0.3) is 0 Å². The van der Waals surface area contributed by atoms with Gasteiger partial charge in [0.1, 0.15) is 0 Å². The lowest BCUT2D eigenvalue weighted by atomic mass is 10.1.